The van der Waals surface area contributed by atoms with E-state index in [9.17, 15) is 26.8 Å². The molecule has 2 rings (SSSR count). The summed E-state index contributed by atoms with van der Waals surface area (Å²) in [6.45, 7) is -0.314. The van der Waals surface area contributed by atoms with Crippen LogP contribution in [0, 0.1) is 0 Å². The van der Waals surface area contributed by atoms with Gasteiger partial charge in [0.15, 0.2) is 11.5 Å². The van der Waals surface area contributed by atoms with Crippen molar-refractivity contribution in [2.75, 3.05) is 19.5 Å². The number of anilines is 1. The van der Waals surface area contributed by atoms with Crippen molar-refractivity contribution in [1.82, 2.24) is 9.62 Å². The molecule has 2 aromatic rings. The number of hydrogen-bond acceptors (Lipinski definition) is 6. The number of benzene rings is 2. The molecule has 0 unspecified atom stereocenters. The monoisotopic (exact) mass is 485 g/mol. The highest BCUT2D eigenvalue weighted by Gasteiger charge is 2.25. The van der Waals surface area contributed by atoms with Gasteiger partial charge in [0, 0.05) is 26.2 Å². The number of carbonyl (C=O) groups is 2. The van der Waals surface area contributed by atoms with Crippen LogP contribution in [0.15, 0.2) is 47.4 Å². The lowest BCUT2D eigenvalue weighted by atomic mass is 10.2. The van der Waals surface area contributed by atoms with Gasteiger partial charge in [-0.1, -0.05) is 6.07 Å². The van der Waals surface area contributed by atoms with Gasteiger partial charge in [-0.25, -0.2) is 8.42 Å². The van der Waals surface area contributed by atoms with Crippen molar-refractivity contribution in [3.8, 4) is 11.5 Å². The second-order valence-corrected chi connectivity index (χ2v) is 8.82. The van der Waals surface area contributed by atoms with E-state index in [4.69, 9.17) is 4.74 Å². The van der Waals surface area contributed by atoms with Gasteiger partial charge < -0.3 is 19.7 Å². The highest BCUT2D eigenvalue weighted by atomic mass is 32.2. The Balaban J connectivity index is 2.07. The average molecular weight is 486 g/mol. The van der Waals surface area contributed by atoms with Crippen LogP contribution in [0.4, 0.5) is 14.5 Å². The van der Waals surface area contributed by atoms with Crippen molar-refractivity contribution in [1.29, 1.82) is 0 Å². The predicted molar refractivity (Wildman–Crippen MR) is 117 cm³/mol. The molecular weight excluding hydrogens is 460 g/mol. The molecule has 2 amide bonds. The quantitative estimate of drug-likeness (QED) is 0.535. The molecule has 0 aliphatic heterocycles. The standard InChI is InChI=1S/C21H25F2N3O6S/c1-13(25-33(29,30)17-8-6-16(7-9-17)24-14(2)27)20(28)26(3)12-15-5-10-18(31-4)19(11-15)32-21(22)23/h5-11,13,21,25H,12H2,1-4H3,(H,24,27)/t13-/m0/s1. The summed E-state index contributed by atoms with van der Waals surface area (Å²) in [5, 5.41) is 2.53. The van der Waals surface area contributed by atoms with Gasteiger partial charge in [0.2, 0.25) is 21.8 Å². The number of halogens is 2. The summed E-state index contributed by atoms with van der Waals surface area (Å²) in [6.07, 6.45) is 0. The first-order chi connectivity index (χ1) is 15.4. The lowest BCUT2D eigenvalue weighted by Gasteiger charge is -2.23. The Morgan fingerprint density at radius 1 is 1.09 bits per heavy atom. The Hall–Kier alpha value is -3.25. The molecule has 0 aromatic heterocycles. The Morgan fingerprint density at radius 2 is 1.73 bits per heavy atom. The van der Waals surface area contributed by atoms with Crippen molar-refractivity contribution in [2.45, 2.75) is 37.9 Å². The molecule has 0 heterocycles. The lowest BCUT2D eigenvalue weighted by Crippen LogP contribution is -2.45. The fourth-order valence-electron chi connectivity index (χ4n) is 2.96. The summed E-state index contributed by atoms with van der Waals surface area (Å²) in [5.41, 5.74) is 0.908. The molecule has 2 N–H and O–H groups in total. The van der Waals surface area contributed by atoms with E-state index in [1.807, 2.05) is 0 Å². The molecule has 12 heteroatoms. The van der Waals surface area contributed by atoms with Gasteiger partial charge in [-0.2, -0.15) is 13.5 Å². The number of carbonyl (C=O) groups excluding carboxylic acids is 2. The zero-order valence-corrected chi connectivity index (χ0v) is 19.3. The van der Waals surface area contributed by atoms with Crippen molar-refractivity contribution >= 4 is 27.5 Å². The van der Waals surface area contributed by atoms with E-state index in [-0.39, 0.29) is 28.8 Å². The highest BCUT2D eigenvalue weighted by Crippen LogP contribution is 2.30. The van der Waals surface area contributed by atoms with Crippen molar-refractivity contribution in [3.63, 3.8) is 0 Å². The molecule has 9 nitrogen and oxygen atoms in total. The normalized spacial score (nSPS) is 12.2. The number of rotatable bonds is 10. The van der Waals surface area contributed by atoms with E-state index in [1.54, 1.807) is 6.07 Å². The van der Waals surface area contributed by atoms with Crippen LogP contribution < -0.4 is 19.5 Å². The number of sulfonamides is 1. The Labute approximate surface area is 190 Å². The summed E-state index contributed by atoms with van der Waals surface area (Å²) in [5.74, 6) is -0.905. The summed E-state index contributed by atoms with van der Waals surface area (Å²) >= 11 is 0. The number of hydrogen-bond donors (Lipinski definition) is 2. The maximum absolute atomic E-state index is 12.7. The second-order valence-electron chi connectivity index (χ2n) is 7.11. The minimum absolute atomic E-state index is 0.0138. The Kier molecular flexibility index (Phi) is 8.71. The maximum atomic E-state index is 12.7. The first-order valence-electron chi connectivity index (χ1n) is 9.69. The van der Waals surface area contributed by atoms with Crippen LogP contribution in [-0.4, -0.2) is 51.9 Å². The fourth-order valence-corrected chi connectivity index (χ4v) is 4.16. The van der Waals surface area contributed by atoms with Crippen LogP contribution >= 0.6 is 0 Å². The minimum atomic E-state index is -4.02. The number of ether oxygens (including phenoxy) is 2. The number of nitrogens with zero attached hydrogens (tertiary/aromatic N) is 1. The number of alkyl halides is 2. The molecule has 0 saturated heterocycles. The topological polar surface area (TPSA) is 114 Å². The van der Waals surface area contributed by atoms with Crippen LogP contribution in [0.5, 0.6) is 11.5 Å². The van der Waals surface area contributed by atoms with Gasteiger partial charge in [-0.15, -0.1) is 0 Å². The Morgan fingerprint density at radius 3 is 2.27 bits per heavy atom. The third-order valence-corrected chi connectivity index (χ3v) is 5.98. The molecule has 180 valence electrons. The zero-order valence-electron chi connectivity index (χ0n) is 18.5. The van der Waals surface area contributed by atoms with Crippen molar-refractivity contribution < 1.29 is 36.3 Å². The number of nitrogens with one attached hydrogen (secondary N) is 2. The van der Waals surface area contributed by atoms with Crippen molar-refractivity contribution in [2.24, 2.45) is 0 Å². The molecule has 2 aromatic carbocycles. The minimum Gasteiger partial charge on any atom is -0.493 e. The number of likely N-dealkylation sites (N-methyl/N-ethyl adjacent to an activating group) is 1. The van der Waals surface area contributed by atoms with Gasteiger partial charge in [-0.05, 0) is 48.9 Å². The summed E-state index contributed by atoms with van der Waals surface area (Å²) in [7, 11) is -1.25. The van der Waals surface area contributed by atoms with E-state index >= 15 is 0 Å². The number of amides is 2. The molecule has 1 atom stereocenters. The van der Waals surface area contributed by atoms with E-state index < -0.39 is 28.6 Å². The van der Waals surface area contributed by atoms with E-state index in [2.05, 4.69) is 14.8 Å². The predicted octanol–water partition coefficient (Wildman–Crippen LogP) is 2.58. The van der Waals surface area contributed by atoms with E-state index in [1.165, 1.54) is 69.3 Å². The molecule has 0 saturated carbocycles. The van der Waals surface area contributed by atoms with Gasteiger partial charge in [0.1, 0.15) is 0 Å². The Bertz CT molecular complexity index is 1090. The van der Waals surface area contributed by atoms with Gasteiger partial charge in [-0.3, -0.25) is 9.59 Å². The third kappa shape index (κ3) is 7.39. The zero-order chi connectivity index (χ0) is 24.8. The van der Waals surface area contributed by atoms with Crippen LogP contribution in [0.2, 0.25) is 0 Å². The van der Waals surface area contributed by atoms with Crippen LogP contribution in [0.1, 0.15) is 19.4 Å². The maximum Gasteiger partial charge on any atom is 0.387 e. The molecule has 0 fully saturated rings. The SMILES string of the molecule is COc1ccc(CN(C)C(=O)[C@H](C)NS(=O)(=O)c2ccc(NC(C)=O)cc2)cc1OC(F)F. The largest absolute Gasteiger partial charge is 0.493 e. The number of methoxy groups -OCH3 is 1. The van der Waals surface area contributed by atoms with E-state index in [0.29, 0.717) is 11.3 Å². The molecule has 33 heavy (non-hydrogen) atoms. The summed E-state index contributed by atoms with van der Waals surface area (Å²) in [4.78, 5) is 24.9. The lowest BCUT2D eigenvalue weighted by molar-refractivity contribution is -0.131. The molecule has 0 aliphatic rings. The third-order valence-electron chi connectivity index (χ3n) is 4.43. The first kappa shape index (κ1) is 26.0. The second kappa shape index (κ2) is 11.1. The van der Waals surface area contributed by atoms with Crippen LogP contribution in [0.3, 0.4) is 0 Å². The first-order valence-corrected chi connectivity index (χ1v) is 11.2. The van der Waals surface area contributed by atoms with Gasteiger partial charge in [0.05, 0.1) is 18.0 Å². The fraction of sp³-hybridized carbons (Fsp3) is 0.333. The van der Waals surface area contributed by atoms with Gasteiger partial charge >= 0.3 is 6.61 Å². The van der Waals surface area contributed by atoms with E-state index in [0.717, 1.165) is 0 Å². The molecular formula is C21H25F2N3O6S. The molecule has 0 spiro atoms. The smallest absolute Gasteiger partial charge is 0.387 e. The average Bonchev–Trinajstić information content (AvgIpc) is 2.72. The highest BCUT2D eigenvalue weighted by molar-refractivity contribution is 7.89. The van der Waals surface area contributed by atoms with Crippen molar-refractivity contribution in [3.05, 3.63) is 48.0 Å². The summed E-state index contributed by atoms with van der Waals surface area (Å²) in [6, 6.07) is 8.68. The van der Waals surface area contributed by atoms with Gasteiger partial charge in [0.25, 0.3) is 0 Å². The van der Waals surface area contributed by atoms with Crippen LogP contribution in [0.25, 0.3) is 0 Å². The molecule has 0 aliphatic carbocycles. The molecule has 0 bridgehead atoms. The van der Waals surface area contributed by atoms with Crippen LogP contribution in [-0.2, 0) is 26.2 Å². The molecule has 0 radical (unpaired) electrons. The summed E-state index contributed by atoms with van der Waals surface area (Å²) < 4.78 is 62.2.